The van der Waals surface area contributed by atoms with Gasteiger partial charge in [0.25, 0.3) is 0 Å². The van der Waals surface area contributed by atoms with Crippen molar-refractivity contribution in [3.8, 4) is 0 Å². The third kappa shape index (κ3) is 2.84. The molecule has 18 heavy (non-hydrogen) atoms. The second-order valence-corrected chi connectivity index (χ2v) is 5.68. The second kappa shape index (κ2) is 5.55. The van der Waals surface area contributed by atoms with E-state index in [0.717, 1.165) is 9.13 Å². The van der Waals surface area contributed by atoms with Crippen LogP contribution < -0.4 is 0 Å². The molecule has 0 amide bonds. The Balaban J connectivity index is 2.44. The molecule has 0 aliphatic rings. The molecule has 0 aromatic heterocycles. The first-order valence-corrected chi connectivity index (χ1v) is 6.84. The molecule has 0 radical (unpaired) electrons. The smallest absolute Gasteiger partial charge is 0.126 e. The van der Waals surface area contributed by atoms with Gasteiger partial charge in [-0.25, -0.2) is 4.39 Å². The Morgan fingerprint density at radius 3 is 2.61 bits per heavy atom. The zero-order valence-electron chi connectivity index (χ0n) is 9.62. The number of aliphatic hydroxyl groups excluding tert-OH is 1. The van der Waals surface area contributed by atoms with Gasteiger partial charge in [0.2, 0.25) is 0 Å². The van der Waals surface area contributed by atoms with Gasteiger partial charge in [-0.15, -0.1) is 0 Å². The van der Waals surface area contributed by atoms with E-state index in [4.69, 9.17) is 11.6 Å². The van der Waals surface area contributed by atoms with Crippen LogP contribution >= 0.6 is 34.2 Å². The minimum atomic E-state index is -0.796. The summed E-state index contributed by atoms with van der Waals surface area (Å²) < 4.78 is 14.1. The maximum atomic E-state index is 13.2. The minimum Gasteiger partial charge on any atom is -0.384 e. The first kappa shape index (κ1) is 13.8. The van der Waals surface area contributed by atoms with Gasteiger partial charge < -0.3 is 5.11 Å². The van der Waals surface area contributed by atoms with E-state index in [0.29, 0.717) is 16.1 Å². The van der Waals surface area contributed by atoms with E-state index in [9.17, 15) is 9.50 Å². The molecular formula is C14H11ClFIO. The van der Waals surface area contributed by atoms with Gasteiger partial charge in [-0.05, 0) is 70.5 Å². The summed E-state index contributed by atoms with van der Waals surface area (Å²) in [6, 6.07) is 9.95. The molecule has 0 spiro atoms. The van der Waals surface area contributed by atoms with Crippen LogP contribution in [0.15, 0.2) is 36.4 Å². The second-order valence-electron chi connectivity index (χ2n) is 4.08. The van der Waals surface area contributed by atoms with Gasteiger partial charge in [0, 0.05) is 8.59 Å². The normalized spacial score (nSPS) is 12.5. The predicted octanol–water partition coefficient (Wildman–Crippen LogP) is 4.47. The van der Waals surface area contributed by atoms with Crippen molar-refractivity contribution in [3.05, 3.63) is 67.5 Å². The number of halogens is 3. The molecule has 0 aliphatic heterocycles. The highest BCUT2D eigenvalue weighted by Gasteiger charge is 2.15. The van der Waals surface area contributed by atoms with E-state index in [2.05, 4.69) is 22.6 Å². The summed E-state index contributed by atoms with van der Waals surface area (Å²) in [5.41, 5.74) is 1.91. The summed E-state index contributed by atoms with van der Waals surface area (Å²) in [6.07, 6.45) is -0.796. The van der Waals surface area contributed by atoms with Crippen LogP contribution in [-0.4, -0.2) is 5.11 Å². The third-order valence-electron chi connectivity index (χ3n) is 2.75. The van der Waals surface area contributed by atoms with Crippen molar-refractivity contribution in [1.29, 1.82) is 0 Å². The molecule has 2 rings (SSSR count). The van der Waals surface area contributed by atoms with Gasteiger partial charge in [0.1, 0.15) is 11.9 Å². The van der Waals surface area contributed by atoms with Crippen LogP contribution in [0.2, 0.25) is 5.02 Å². The van der Waals surface area contributed by atoms with E-state index in [1.165, 1.54) is 6.07 Å². The highest BCUT2D eigenvalue weighted by molar-refractivity contribution is 14.1. The summed E-state index contributed by atoms with van der Waals surface area (Å²) in [5, 5.41) is 10.9. The quantitative estimate of drug-likeness (QED) is 0.767. The summed E-state index contributed by atoms with van der Waals surface area (Å²) in [7, 11) is 0. The van der Waals surface area contributed by atoms with Crippen LogP contribution in [-0.2, 0) is 0 Å². The largest absolute Gasteiger partial charge is 0.384 e. The van der Waals surface area contributed by atoms with Crippen molar-refractivity contribution in [1.82, 2.24) is 0 Å². The molecule has 1 N–H and O–H groups in total. The van der Waals surface area contributed by atoms with Crippen LogP contribution in [0.3, 0.4) is 0 Å². The van der Waals surface area contributed by atoms with E-state index in [-0.39, 0.29) is 5.82 Å². The van der Waals surface area contributed by atoms with Crippen molar-refractivity contribution < 1.29 is 9.50 Å². The average molecular weight is 377 g/mol. The molecular weight excluding hydrogens is 366 g/mol. The lowest BCUT2D eigenvalue weighted by Gasteiger charge is -2.14. The fourth-order valence-electron chi connectivity index (χ4n) is 1.74. The Bertz CT molecular complexity index is 586. The van der Waals surface area contributed by atoms with Crippen LogP contribution in [0.25, 0.3) is 0 Å². The van der Waals surface area contributed by atoms with Crippen molar-refractivity contribution in [2.24, 2.45) is 0 Å². The number of rotatable bonds is 2. The van der Waals surface area contributed by atoms with Gasteiger partial charge in [-0.1, -0.05) is 23.7 Å². The fraction of sp³-hybridized carbons (Fsp3) is 0.143. The van der Waals surface area contributed by atoms with Crippen molar-refractivity contribution in [3.63, 3.8) is 0 Å². The Morgan fingerprint density at radius 2 is 1.94 bits per heavy atom. The zero-order chi connectivity index (χ0) is 13.3. The van der Waals surface area contributed by atoms with E-state index in [1.807, 2.05) is 6.07 Å². The third-order valence-corrected chi connectivity index (χ3v) is 3.97. The first-order valence-electron chi connectivity index (χ1n) is 5.38. The van der Waals surface area contributed by atoms with Gasteiger partial charge >= 0.3 is 0 Å². The maximum absolute atomic E-state index is 13.2. The average Bonchev–Trinajstić information content (AvgIpc) is 2.35. The lowest BCUT2D eigenvalue weighted by molar-refractivity contribution is 0.219. The maximum Gasteiger partial charge on any atom is 0.126 e. The molecule has 0 saturated heterocycles. The summed E-state index contributed by atoms with van der Waals surface area (Å²) >= 11 is 8.07. The van der Waals surface area contributed by atoms with Gasteiger partial charge in [0.05, 0.1) is 0 Å². The van der Waals surface area contributed by atoms with Crippen LogP contribution in [0.4, 0.5) is 4.39 Å². The standard InChI is InChI=1S/C14H11ClFIO/c1-8-6-9(2-4-12(8)16)14(18)11-7-10(15)3-5-13(11)17/h2-7,14,18H,1H3. The van der Waals surface area contributed by atoms with Crippen LogP contribution in [0.5, 0.6) is 0 Å². The Hall–Kier alpha value is -0.650. The van der Waals surface area contributed by atoms with Crippen molar-refractivity contribution in [2.45, 2.75) is 13.0 Å². The van der Waals surface area contributed by atoms with Crippen molar-refractivity contribution in [2.75, 3.05) is 0 Å². The number of aryl methyl sites for hydroxylation is 1. The monoisotopic (exact) mass is 376 g/mol. The lowest BCUT2D eigenvalue weighted by atomic mass is 10.00. The van der Waals surface area contributed by atoms with Crippen molar-refractivity contribution >= 4 is 34.2 Å². The summed E-state index contributed by atoms with van der Waals surface area (Å²) in [4.78, 5) is 0. The van der Waals surface area contributed by atoms with Gasteiger partial charge in [-0.3, -0.25) is 0 Å². The molecule has 0 heterocycles. The first-order chi connectivity index (χ1) is 8.49. The molecule has 0 aliphatic carbocycles. The molecule has 1 nitrogen and oxygen atoms in total. The lowest BCUT2D eigenvalue weighted by Crippen LogP contribution is -2.03. The number of hydrogen-bond donors (Lipinski definition) is 1. The molecule has 1 unspecified atom stereocenters. The number of hydrogen-bond acceptors (Lipinski definition) is 1. The van der Waals surface area contributed by atoms with Crippen LogP contribution in [0, 0.1) is 16.3 Å². The van der Waals surface area contributed by atoms with E-state index in [1.54, 1.807) is 31.2 Å². The molecule has 0 saturated carbocycles. The van der Waals surface area contributed by atoms with Gasteiger partial charge in [0.15, 0.2) is 0 Å². The molecule has 0 bridgehead atoms. The number of benzene rings is 2. The Labute approximate surface area is 124 Å². The Morgan fingerprint density at radius 1 is 1.22 bits per heavy atom. The molecule has 2 aromatic rings. The topological polar surface area (TPSA) is 20.2 Å². The minimum absolute atomic E-state index is 0.272. The molecule has 1 atom stereocenters. The van der Waals surface area contributed by atoms with Gasteiger partial charge in [-0.2, -0.15) is 0 Å². The van der Waals surface area contributed by atoms with E-state index < -0.39 is 6.10 Å². The highest BCUT2D eigenvalue weighted by Crippen LogP contribution is 2.29. The molecule has 94 valence electrons. The highest BCUT2D eigenvalue weighted by atomic mass is 127. The summed E-state index contributed by atoms with van der Waals surface area (Å²) in [6.45, 7) is 1.68. The Kier molecular flexibility index (Phi) is 4.25. The SMILES string of the molecule is Cc1cc(C(O)c2cc(Cl)ccc2I)ccc1F. The van der Waals surface area contributed by atoms with Crippen LogP contribution in [0.1, 0.15) is 22.8 Å². The summed E-state index contributed by atoms with van der Waals surface area (Å²) in [5.74, 6) is -0.272. The molecule has 0 fully saturated rings. The molecule has 2 aromatic carbocycles. The van der Waals surface area contributed by atoms with E-state index >= 15 is 0 Å². The number of aliphatic hydroxyl groups is 1. The predicted molar refractivity (Wildman–Crippen MR) is 79.4 cm³/mol. The molecule has 4 heteroatoms. The fourth-order valence-corrected chi connectivity index (χ4v) is 2.55. The zero-order valence-corrected chi connectivity index (χ0v) is 12.5.